The predicted octanol–water partition coefficient (Wildman–Crippen LogP) is 4.36. The molecule has 0 spiro atoms. The van der Waals surface area contributed by atoms with Crippen LogP contribution >= 0.6 is 0 Å². The summed E-state index contributed by atoms with van der Waals surface area (Å²) in [7, 11) is 0. The zero-order valence-electron chi connectivity index (χ0n) is 13.7. The largest absolute Gasteiger partial charge is 0.508 e. The molecule has 0 heterocycles. The lowest BCUT2D eigenvalue weighted by Gasteiger charge is -2.28. The monoisotopic (exact) mass is 328 g/mol. The highest BCUT2D eigenvalue weighted by Crippen LogP contribution is 2.30. The van der Waals surface area contributed by atoms with Gasteiger partial charge >= 0.3 is 0 Å². The number of benzene rings is 2. The summed E-state index contributed by atoms with van der Waals surface area (Å²) in [5.41, 5.74) is 0. The van der Waals surface area contributed by atoms with Crippen LogP contribution < -0.4 is 9.47 Å². The Kier molecular flexibility index (Phi) is 5.47. The van der Waals surface area contributed by atoms with Crippen molar-refractivity contribution in [3.8, 4) is 23.0 Å². The van der Waals surface area contributed by atoms with E-state index in [9.17, 15) is 10.2 Å². The third-order valence-corrected chi connectivity index (χ3v) is 4.57. The quantitative estimate of drug-likeness (QED) is 0.827. The summed E-state index contributed by atoms with van der Waals surface area (Å²) in [4.78, 5) is 0. The van der Waals surface area contributed by atoms with Gasteiger partial charge in [0.1, 0.15) is 23.0 Å². The standard InChI is InChI=1S/C20H24O4/c21-17-3-1-5-19(11-17)23-13-15-7-9-16(10-8-15)14-24-20-6-2-4-18(22)12-20/h1-6,11-12,15-16,21-22H,7-10,13-14H2. The fraction of sp³-hybridized carbons (Fsp3) is 0.400. The highest BCUT2D eigenvalue weighted by Gasteiger charge is 2.22. The third-order valence-electron chi connectivity index (χ3n) is 4.57. The van der Waals surface area contributed by atoms with Gasteiger partial charge in [0.15, 0.2) is 0 Å². The first-order chi connectivity index (χ1) is 11.7. The lowest BCUT2D eigenvalue weighted by molar-refractivity contribution is 0.148. The van der Waals surface area contributed by atoms with Crippen LogP contribution in [0.25, 0.3) is 0 Å². The summed E-state index contributed by atoms with van der Waals surface area (Å²) in [5, 5.41) is 18.9. The van der Waals surface area contributed by atoms with Crippen molar-refractivity contribution in [3.63, 3.8) is 0 Å². The van der Waals surface area contributed by atoms with Crippen LogP contribution in [0.5, 0.6) is 23.0 Å². The minimum Gasteiger partial charge on any atom is -0.508 e. The van der Waals surface area contributed by atoms with E-state index in [1.165, 1.54) is 0 Å². The summed E-state index contributed by atoms with van der Waals surface area (Å²) in [6, 6.07) is 13.9. The van der Waals surface area contributed by atoms with Crippen molar-refractivity contribution in [2.45, 2.75) is 25.7 Å². The maximum Gasteiger partial charge on any atom is 0.122 e. The molecule has 4 nitrogen and oxygen atoms in total. The van der Waals surface area contributed by atoms with Crippen LogP contribution in [0.1, 0.15) is 25.7 Å². The molecule has 0 unspecified atom stereocenters. The number of phenols is 2. The Labute approximate surface area is 142 Å². The minimum absolute atomic E-state index is 0.236. The molecule has 0 bridgehead atoms. The SMILES string of the molecule is Oc1cccc(OCC2CCC(COc3cccc(O)c3)CC2)c1. The van der Waals surface area contributed by atoms with Crippen molar-refractivity contribution in [2.24, 2.45) is 11.8 Å². The van der Waals surface area contributed by atoms with Crippen LogP contribution in [0.2, 0.25) is 0 Å². The molecule has 1 saturated carbocycles. The van der Waals surface area contributed by atoms with Gasteiger partial charge in [-0.25, -0.2) is 0 Å². The first-order valence-electron chi connectivity index (χ1n) is 8.53. The van der Waals surface area contributed by atoms with E-state index in [1.807, 2.05) is 12.1 Å². The molecule has 1 fully saturated rings. The Morgan fingerprint density at radius 3 is 1.50 bits per heavy atom. The Morgan fingerprint density at radius 1 is 0.708 bits per heavy atom. The van der Waals surface area contributed by atoms with Gasteiger partial charge in [0.25, 0.3) is 0 Å². The smallest absolute Gasteiger partial charge is 0.122 e. The van der Waals surface area contributed by atoms with Gasteiger partial charge in [-0.05, 0) is 61.8 Å². The molecule has 0 amide bonds. The van der Waals surface area contributed by atoms with E-state index in [0.717, 1.165) is 37.2 Å². The van der Waals surface area contributed by atoms with Crippen LogP contribution in [-0.2, 0) is 0 Å². The van der Waals surface area contributed by atoms with Gasteiger partial charge < -0.3 is 19.7 Å². The van der Waals surface area contributed by atoms with Crippen molar-refractivity contribution in [1.29, 1.82) is 0 Å². The van der Waals surface area contributed by atoms with Gasteiger partial charge in [-0.15, -0.1) is 0 Å². The van der Waals surface area contributed by atoms with Gasteiger partial charge in [-0.3, -0.25) is 0 Å². The molecule has 24 heavy (non-hydrogen) atoms. The van der Waals surface area contributed by atoms with Crippen LogP contribution in [-0.4, -0.2) is 23.4 Å². The average Bonchev–Trinajstić information content (AvgIpc) is 2.59. The second-order valence-electron chi connectivity index (χ2n) is 6.50. The summed E-state index contributed by atoms with van der Waals surface area (Å²) >= 11 is 0. The van der Waals surface area contributed by atoms with E-state index in [2.05, 4.69) is 0 Å². The predicted molar refractivity (Wildman–Crippen MR) is 92.7 cm³/mol. The number of ether oxygens (including phenoxy) is 2. The van der Waals surface area contributed by atoms with Crippen LogP contribution in [0.3, 0.4) is 0 Å². The van der Waals surface area contributed by atoms with Gasteiger partial charge in [-0.1, -0.05) is 12.1 Å². The molecule has 2 aromatic rings. The minimum atomic E-state index is 0.236. The van der Waals surface area contributed by atoms with E-state index < -0.39 is 0 Å². The van der Waals surface area contributed by atoms with Crippen molar-refractivity contribution >= 4 is 0 Å². The summed E-state index contributed by atoms with van der Waals surface area (Å²) in [5.74, 6) is 3.04. The molecule has 0 radical (unpaired) electrons. The van der Waals surface area contributed by atoms with Crippen LogP contribution in [0.4, 0.5) is 0 Å². The van der Waals surface area contributed by atoms with Crippen molar-refractivity contribution in [1.82, 2.24) is 0 Å². The van der Waals surface area contributed by atoms with Crippen molar-refractivity contribution < 1.29 is 19.7 Å². The van der Waals surface area contributed by atoms with E-state index in [-0.39, 0.29) is 11.5 Å². The van der Waals surface area contributed by atoms with Gasteiger partial charge in [-0.2, -0.15) is 0 Å². The van der Waals surface area contributed by atoms with Crippen LogP contribution in [0, 0.1) is 11.8 Å². The molecule has 1 aliphatic carbocycles. The highest BCUT2D eigenvalue weighted by atomic mass is 16.5. The van der Waals surface area contributed by atoms with Gasteiger partial charge in [0.05, 0.1) is 13.2 Å². The number of rotatable bonds is 6. The fourth-order valence-electron chi connectivity index (χ4n) is 3.14. The van der Waals surface area contributed by atoms with E-state index in [4.69, 9.17) is 9.47 Å². The highest BCUT2D eigenvalue weighted by molar-refractivity contribution is 5.32. The molecule has 0 aliphatic heterocycles. The van der Waals surface area contributed by atoms with Gasteiger partial charge in [0.2, 0.25) is 0 Å². The second-order valence-corrected chi connectivity index (χ2v) is 6.50. The molecule has 4 heteroatoms. The van der Waals surface area contributed by atoms with Crippen molar-refractivity contribution in [2.75, 3.05) is 13.2 Å². The van der Waals surface area contributed by atoms with Crippen molar-refractivity contribution in [3.05, 3.63) is 48.5 Å². The first kappa shape index (κ1) is 16.5. The molecular weight excluding hydrogens is 304 g/mol. The van der Waals surface area contributed by atoms with E-state index in [0.29, 0.717) is 25.0 Å². The third kappa shape index (κ3) is 4.82. The molecule has 0 atom stereocenters. The number of phenolic OH excluding ortho intramolecular Hbond substituents is 2. The zero-order valence-corrected chi connectivity index (χ0v) is 13.7. The molecule has 1 aliphatic rings. The molecule has 3 rings (SSSR count). The molecule has 128 valence electrons. The molecule has 0 saturated heterocycles. The number of hydrogen-bond acceptors (Lipinski definition) is 4. The normalized spacial score (nSPS) is 20.5. The number of hydrogen-bond donors (Lipinski definition) is 2. The maximum absolute atomic E-state index is 9.45. The summed E-state index contributed by atoms with van der Waals surface area (Å²) in [6.07, 6.45) is 4.53. The first-order valence-corrected chi connectivity index (χ1v) is 8.53. The molecule has 2 N–H and O–H groups in total. The van der Waals surface area contributed by atoms with Crippen LogP contribution in [0.15, 0.2) is 48.5 Å². The molecule has 2 aromatic carbocycles. The summed E-state index contributed by atoms with van der Waals surface area (Å²) < 4.78 is 11.6. The topological polar surface area (TPSA) is 58.9 Å². The maximum atomic E-state index is 9.45. The zero-order chi connectivity index (χ0) is 16.8. The fourth-order valence-corrected chi connectivity index (χ4v) is 3.14. The Balaban J connectivity index is 1.38. The molecule has 0 aromatic heterocycles. The lowest BCUT2D eigenvalue weighted by Crippen LogP contribution is -2.23. The summed E-state index contributed by atoms with van der Waals surface area (Å²) in [6.45, 7) is 1.40. The Hall–Kier alpha value is -2.36. The lowest BCUT2D eigenvalue weighted by atomic mass is 9.83. The number of aromatic hydroxyl groups is 2. The average molecular weight is 328 g/mol. The second kappa shape index (κ2) is 7.95. The van der Waals surface area contributed by atoms with E-state index in [1.54, 1.807) is 36.4 Å². The van der Waals surface area contributed by atoms with E-state index >= 15 is 0 Å². The Bertz CT molecular complexity index is 590. The Morgan fingerprint density at radius 2 is 1.12 bits per heavy atom. The van der Waals surface area contributed by atoms with Gasteiger partial charge in [0, 0.05) is 12.1 Å². The molecular formula is C20H24O4.